The van der Waals surface area contributed by atoms with E-state index < -0.39 is 0 Å². The van der Waals surface area contributed by atoms with Gasteiger partial charge in [0.15, 0.2) is 0 Å². The highest BCUT2D eigenvalue weighted by Gasteiger charge is 2.35. The highest BCUT2D eigenvalue weighted by Crippen LogP contribution is 2.44. The van der Waals surface area contributed by atoms with E-state index in [0.29, 0.717) is 0 Å². The molecule has 1 nitrogen and oxygen atoms in total. The average Bonchev–Trinajstić information content (AvgIpc) is 2.41. The molecule has 1 N–H and O–H groups in total. The molecule has 0 saturated heterocycles. The highest BCUT2D eigenvalue weighted by atomic mass is 14.8. The van der Waals surface area contributed by atoms with Crippen molar-refractivity contribution in [2.75, 3.05) is 13.6 Å². The van der Waals surface area contributed by atoms with Crippen LogP contribution in [0.4, 0.5) is 0 Å². The highest BCUT2D eigenvalue weighted by molar-refractivity contribution is 4.87. The van der Waals surface area contributed by atoms with Crippen molar-refractivity contribution < 1.29 is 0 Å². The van der Waals surface area contributed by atoms with Crippen LogP contribution in [0, 0.1) is 17.8 Å². The zero-order chi connectivity index (χ0) is 9.80. The van der Waals surface area contributed by atoms with Gasteiger partial charge in [-0.1, -0.05) is 38.5 Å². The molecule has 0 aromatic heterocycles. The standard InChI is InChI=1S/C13H25N/c1-14-10-12-8-9-13(12)11-6-4-2-3-5-7-11/h11-14H,2-10H2,1H3. The number of hydrogen-bond donors (Lipinski definition) is 1. The zero-order valence-corrected chi connectivity index (χ0v) is 9.60. The SMILES string of the molecule is CNCC1CCC1C1CCCCCC1. The first-order valence-corrected chi connectivity index (χ1v) is 6.56. The van der Waals surface area contributed by atoms with E-state index >= 15 is 0 Å². The van der Waals surface area contributed by atoms with E-state index in [1.165, 1.54) is 57.9 Å². The van der Waals surface area contributed by atoms with Crippen LogP contribution in [-0.2, 0) is 0 Å². The van der Waals surface area contributed by atoms with Gasteiger partial charge < -0.3 is 5.32 Å². The second kappa shape index (κ2) is 5.16. The zero-order valence-electron chi connectivity index (χ0n) is 9.60. The molecule has 2 aliphatic carbocycles. The van der Waals surface area contributed by atoms with Gasteiger partial charge in [-0.25, -0.2) is 0 Å². The van der Waals surface area contributed by atoms with Gasteiger partial charge in [0.05, 0.1) is 0 Å². The molecule has 0 aliphatic heterocycles. The van der Waals surface area contributed by atoms with E-state index in [4.69, 9.17) is 0 Å². The van der Waals surface area contributed by atoms with Gasteiger partial charge in [0.1, 0.15) is 0 Å². The summed E-state index contributed by atoms with van der Waals surface area (Å²) in [7, 11) is 2.10. The number of rotatable bonds is 3. The lowest BCUT2D eigenvalue weighted by atomic mass is 9.65. The first-order valence-electron chi connectivity index (χ1n) is 6.56. The summed E-state index contributed by atoms with van der Waals surface area (Å²) < 4.78 is 0. The molecule has 2 rings (SSSR count). The lowest BCUT2D eigenvalue weighted by Crippen LogP contribution is -2.38. The smallest absolute Gasteiger partial charge is 0.00208 e. The Balaban J connectivity index is 1.80. The summed E-state index contributed by atoms with van der Waals surface area (Å²) in [5.41, 5.74) is 0. The van der Waals surface area contributed by atoms with Crippen molar-refractivity contribution >= 4 is 0 Å². The van der Waals surface area contributed by atoms with Crippen molar-refractivity contribution in [3.63, 3.8) is 0 Å². The maximum Gasteiger partial charge on any atom is -0.00208 e. The van der Waals surface area contributed by atoms with Crippen molar-refractivity contribution in [2.45, 2.75) is 51.4 Å². The van der Waals surface area contributed by atoms with Crippen LogP contribution in [0.3, 0.4) is 0 Å². The molecule has 2 fully saturated rings. The van der Waals surface area contributed by atoms with E-state index in [1.807, 2.05) is 0 Å². The minimum absolute atomic E-state index is 1.02. The molecule has 0 heterocycles. The Kier molecular flexibility index (Phi) is 3.86. The second-order valence-corrected chi connectivity index (χ2v) is 5.31. The molecule has 0 aromatic carbocycles. The second-order valence-electron chi connectivity index (χ2n) is 5.31. The van der Waals surface area contributed by atoms with E-state index in [-0.39, 0.29) is 0 Å². The molecule has 2 atom stereocenters. The molecule has 14 heavy (non-hydrogen) atoms. The monoisotopic (exact) mass is 195 g/mol. The van der Waals surface area contributed by atoms with E-state index in [0.717, 1.165) is 17.8 Å². The number of nitrogens with one attached hydrogen (secondary N) is 1. The summed E-state index contributed by atoms with van der Waals surface area (Å²) in [6, 6.07) is 0. The summed E-state index contributed by atoms with van der Waals surface area (Å²) in [6.07, 6.45) is 12.1. The molecule has 82 valence electrons. The van der Waals surface area contributed by atoms with Crippen molar-refractivity contribution in [3.8, 4) is 0 Å². The Morgan fingerprint density at radius 3 is 2.14 bits per heavy atom. The van der Waals surface area contributed by atoms with Crippen LogP contribution < -0.4 is 5.32 Å². The summed E-state index contributed by atoms with van der Waals surface area (Å²) in [6.45, 7) is 1.27. The fourth-order valence-corrected chi connectivity index (χ4v) is 3.47. The van der Waals surface area contributed by atoms with Crippen molar-refractivity contribution in [3.05, 3.63) is 0 Å². The third-order valence-electron chi connectivity index (χ3n) is 4.45. The van der Waals surface area contributed by atoms with Crippen molar-refractivity contribution in [1.29, 1.82) is 0 Å². The third-order valence-corrected chi connectivity index (χ3v) is 4.45. The van der Waals surface area contributed by atoms with Gasteiger partial charge in [0.2, 0.25) is 0 Å². The van der Waals surface area contributed by atoms with Gasteiger partial charge in [-0.2, -0.15) is 0 Å². The van der Waals surface area contributed by atoms with Crippen molar-refractivity contribution in [1.82, 2.24) is 5.32 Å². The fourth-order valence-electron chi connectivity index (χ4n) is 3.47. The molecule has 2 aliphatic rings. The largest absolute Gasteiger partial charge is 0.319 e. The normalized spacial score (nSPS) is 34.9. The number of hydrogen-bond acceptors (Lipinski definition) is 1. The summed E-state index contributed by atoms with van der Waals surface area (Å²) >= 11 is 0. The Bertz CT molecular complexity index is 159. The Morgan fingerprint density at radius 1 is 0.929 bits per heavy atom. The molecule has 0 radical (unpaired) electrons. The van der Waals surface area contributed by atoms with Gasteiger partial charge in [0.25, 0.3) is 0 Å². The first kappa shape index (κ1) is 10.5. The lowest BCUT2D eigenvalue weighted by molar-refractivity contribution is 0.0939. The van der Waals surface area contributed by atoms with Gasteiger partial charge in [-0.15, -0.1) is 0 Å². The van der Waals surface area contributed by atoms with Gasteiger partial charge in [0, 0.05) is 0 Å². The molecule has 0 aromatic rings. The molecule has 0 bridgehead atoms. The van der Waals surface area contributed by atoms with Crippen molar-refractivity contribution in [2.24, 2.45) is 17.8 Å². The van der Waals surface area contributed by atoms with Crippen LogP contribution in [0.5, 0.6) is 0 Å². The van der Waals surface area contributed by atoms with Crippen LogP contribution in [0.2, 0.25) is 0 Å². The summed E-state index contributed by atoms with van der Waals surface area (Å²) in [5, 5.41) is 3.35. The molecule has 1 heteroatoms. The molecule has 0 spiro atoms. The van der Waals surface area contributed by atoms with E-state index in [9.17, 15) is 0 Å². The van der Waals surface area contributed by atoms with E-state index in [2.05, 4.69) is 12.4 Å². The Labute approximate surface area is 88.7 Å². The Hall–Kier alpha value is -0.0400. The quantitative estimate of drug-likeness (QED) is 0.682. The third kappa shape index (κ3) is 2.31. The fraction of sp³-hybridized carbons (Fsp3) is 1.00. The van der Waals surface area contributed by atoms with Gasteiger partial charge in [-0.05, 0) is 44.2 Å². The lowest BCUT2D eigenvalue weighted by Gasteiger charge is -2.42. The Morgan fingerprint density at radius 2 is 1.64 bits per heavy atom. The first-order chi connectivity index (χ1) is 6.92. The topological polar surface area (TPSA) is 12.0 Å². The maximum atomic E-state index is 3.35. The predicted octanol–water partition coefficient (Wildman–Crippen LogP) is 3.20. The predicted molar refractivity (Wildman–Crippen MR) is 61.3 cm³/mol. The minimum atomic E-state index is 1.02. The summed E-state index contributed by atoms with van der Waals surface area (Å²) in [4.78, 5) is 0. The molecular weight excluding hydrogens is 170 g/mol. The molecule has 0 amide bonds. The van der Waals surface area contributed by atoms with E-state index in [1.54, 1.807) is 0 Å². The van der Waals surface area contributed by atoms with Gasteiger partial charge in [-0.3, -0.25) is 0 Å². The molecule has 2 unspecified atom stereocenters. The minimum Gasteiger partial charge on any atom is -0.319 e. The average molecular weight is 195 g/mol. The van der Waals surface area contributed by atoms with Crippen LogP contribution in [0.25, 0.3) is 0 Å². The molecular formula is C13H25N. The van der Waals surface area contributed by atoms with Gasteiger partial charge >= 0.3 is 0 Å². The van der Waals surface area contributed by atoms with Crippen LogP contribution in [0.1, 0.15) is 51.4 Å². The van der Waals surface area contributed by atoms with Crippen LogP contribution >= 0.6 is 0 Å². The summed E-state index contributed by atoms with van der Waals surface area (Å²) in [5.74, 6) is 3.19. The molecule has 2 saturated carbocycles. The maximum absolute atomic E-state index is 3.35. The van der Waals surface area contributed by atoms with Crippen LogP contribution in [0.15, 0.2) is 0 Å². The van der Waals surface area contributed by atoms with Crippen LogP contribution in [-0.4, -0.2) is 13.6 Å².